The third-order valence-electron chi connectivity index (χ3n) is 2.35. The van der Waals surface area contributed by atoms with E-state index in [1.807, 2.05) is 25.3 Å². The second-order valence-electron chi connectivity index (χ2n) is 3.85. The highest BCUT2D eigenvalue weighted by molar-refractivity contribution is 8.05. The van der Waals surface area contributed by atoms with Gasteiger partial charge >= 0.3 is 5.63 Å². The van der Waals surface area contributed by atoms with Crippen molar-refractivity contribution in [1.29, 1.82) is 0 Å². The van der Waals surface area contributed by atoms with Gasteiger partial charge in [-0.05, 0) is 31.1 Å². The van der Waals surface area contributed by atoms with Crippen molar-refractivity contribution < 1.29 is 14.3 Å². The maximum Gasteiger partial charge on any atom is 0.350 e. The quantitative estimate of drug-likeness (QED) is 0.837. The fraction of sp³-hybridized carbons (Fsp3) is 0.286. The highest BCUT2D eigenvalue weighted by Gasteiger charge is 2.19. The summed E-state index contributed by atoms with van der Waals surface area (Å²) in [7, 11) is 0. The lowest BCUT2D eigenvalue weighted by Crippen LogP contribution is -2.14. The number of allylic oxidation sites excluding steroid dienone is 3. The minimum Gasteiger partial charge on any atom is -0.507 e. The van der Waals surface area contributed by atoms with Crippen LogP contribution in [0.1, 0.15) is 36.4 Å². The van der Waals surface area contributed by atoms with Crippen molar-refractivity contribution in [2.45, 2.75) is 27.2 Å². The summed E-state index contributed by atoms with van der Waals surface area (Å²) < 4.78 is 4.83. The van der Waals surface area contributed by atoms with Crippen molar-refractivity contribution in [3.8, 4) is 5.75 Å². The lowest BCUT2D eigenvalue weighted by Gasteiger charge is -2.04. The van der Waals surface area contributed by atoms with E-state index >= 15 is 0 Å². The van der Waals surface area contributed by atoms with Gasteiger partial charge in [-0.15, -0.1) is 11.8 Å². The third-order valence-corrected chi connectivity index (χ3v) is 3.44. The molecule has 1 aromatic rings. The Morgan fingerprint density at radius 1 is 1.47 bits per heavy atom. The molecule has 19 heavy (non-hydrogen) atoms. The molecule has 1 rings (SSSR count). The number of carbonyl (C=O) groups is 1. The maximum absolute atomic E-state index is 12.0. The van der Waals surface area contributed by atoms with E-state index in [1.165, 1.54) is 24.8 Å². The van der Waals surface area contributed by atoms with Crippen molar-refractivity contribution in [1.82, 2.24) is 0 Å². The Morgan fingerprint density at radius 2 is 2.16 bits per heavy atom. The van der Waals surface area contributed by atoms with Crippen molar-refractivity contribution in [2.75, 3.05) is 0 Å². The molecule has 0 saturated carbocycles. The van der Waals surface area contributed by atoms with Gasteiger partial charge in [0.25, 0.3) is 0 Å². The van der Waals surface area contributed by atoms with E-state index in [2.05, 4.69) is 0 Å². The number of Topliss-reactive ketones (excluding diaryl/α,β-unsaturated/α-hetero) is 1. The molecule has 0 atom stereocenters. The molecule has 0 unspecified atom stereocenters. The highest BCUT2D eigenvalue weighted by atomic mass is 32.2. The van der Waals surface area contributed by atoms with Crippen molar-refractivity contribution in [3.63, 3.8) is 0 Å². The Hall–Kier alpha value is -1.75. The van der Waals surface area contributed by atoms with Crippen LogP contribution in [0.25, 0.3) is 0 Å². The Labute approximate surface area is 115 Å². The second-order valence-corrected chi connectivity index (χ2v) is 4.88. The Morgan fingerprint density at radius 3 is 2.68 bits per heavy atom. The molecule has 5 heteroatoms. The van der Waals surface area contributed by atoms with Gasteiger partial charge in [0.2, 0.25) is 0 Å². The molecule has 0 aliphatic rings. The molecule has 1 N–H and O–H groups in total. The number of rotatable bonds is 5. The highest BCUT2D eigenvalue weighted by Crippen LogP contribution is 2.24. The lowest BCUT2D eigenvalue weighted by molar-refractivity contribution is 0.0988. The number of aryl methyl sites for hydroxylation is 1. The van der Waals surface area contributed by atoms with Crippen LogP contribution >= 0.6 is 11.8 Å². The number of ketones is 1. The fourth-order valence-electron chi connectivity index (χ4n) is 1.47. The van der Waals surface area contributed by atoms with Crippen molar-refractivity contribution in [3.05, 3.63) is 50.3 Å². The summed E-state index contributed by atoms with van der Waals surface area (Å²) in [6.07, 6.45) is 3.72. The first-order chi connectivity index (χ1) is 8.99. The van der Waals surface area contributed by atoms with Crippen LogP contribution in [0.5, 0.6) is 5.75 Å². The van der Waals surface area contributed by atoms with Crippen molar-refractivity contribution >= 4 is 17.5 Å². The average Bonchev–Trinajstić information content (AvgIpc) is 2.33. The Bertz CT molecular complexity index is 582. The van der Waals surface area contributed by atoms with Crippen LogP contribution in [0.3, 0.4) is 0 Å². The first-order valence-corrected chi connectivity index (χ1v) is 6.67. The SMILES string of the molecule is C/C=C\S/C(=C\C)CC(=O)c1c(O)cc(C)oc1=O. The molecule has 0 saturated heterocycles. The van der Waals surface area contributed by atoms with Crippen LogP contribution in [-0.4, -0.2) is 10.9 Å². The van der Waals surface area contributed by atoms with Gasteiger partial charge in [-0.3, -0.25) is 4.79 Å². The molecule has 0 aromatic carbocycles. The molecule has 0 aliphatic heterocycles. The number of hydrogen-bond donors (Lipinski definition) is 1. The predicted molar refractivity (Wildman–Crippen MR) is 76.5 cm³/mol. The molecule has 0 bridgehead atoms. The van der Waals surface area contributed by atoms with Gasteiger partial charge in [0.1, 0.15) is 17.1 Å². The molecule has 0 spiro atoms. The van der Waals surface area contributed by atoms with E-state index < -0.39 is 11.4 Å². The third kappa shape index (κ3) is 4.13. The average molecular weight is 280 g/mol. The van der Waals surface area contributed by atoms with E-state index in [-0.39, 0.29) is 23.5 Å². The molecule has 1 aromatic heterocycles. The van der Waals surface area contributed by atoms with Gasteiger partial charge < -0.3 is 9.52 Å². The Balaban J connectivity index is 2.99. The van der Waals surface area contributed by atoms with Crippen LogP contribution in [-0.2, 0) is 0 Å². The molecule has 102 valence electrons. The first-order valence-electron chi connectivity index (χ1n) is 5.79. The largest absolute Gasteiger partial charge is 0.507 e. The Kier molecular flexibility index (Phi) is 5.63. The number of thioether (sulfide) groups is 1. The predicted octanol–water partition coefficient (Wildman–Crippen LogP) is 3.40. The summed E-state index contributed by atoms with van der Waals surface area (Å²) in [5, 5.41) is 11.5. The molecule has 0 fully saturated rings. The van der Waals surface area contributed by atoms with E-state index in [4.69, 9.17) is 4.42 Å². The normalized spacial score (nSPS) is 12.1. The van der Waals surface area contributed by atoms with Gasteiger partial charge in [0.15, 0.2) is 5.78 Å². The van der Waals surface area contributed by atoms with Crippen LogP contribution in [0.15, 0.2) is 37.7 Å². The second kappa shape index (κ2) is 6.99. The van der Waals surface area contributed by atoms with Gasteiger partial charge in [0.05, 0.1) is 0 Å². The minimum atomic E-state index is -0.797. The molecule has 0 aliphatic carbocycles. The minimum absolute atomic E-state index is 0.0624. The summed E-state index contributed by atoms with van der Waals surface area (Å²) in [6.45, 7) is 5.23. The van der Waals surface area contributed by atoms with Gasteiger partial charge in [-0.2, -0.15) is 0 Å². The zero-order chi connectivity index (χ0) is 14.4. The summed E-state index contributed by atoms with van der Waals surface area (Å²) in [4.78, 5) is 24.4. The molecule has 1 heterocycles. The van der Waals surface area contributed by atoms with E-state index in [1.54, 1.807) is 6.08 Å². The van der Waals surface area contributed by atoms with Crippen LogP contribution in [0.4, 0.5) is 0 Å². The van der Waals surface area contributed by atoms with Gasteiger partial charge in [-0.25, -0.2) is 4.79 Å². The monoisotopic (exact) mass is 280 g/mol. The summed E-state index contributed by atoms with van der Waals surface area (Å²) in [5.41, 5.74) is -1.08. The lowest BCUT2D eigenvalue weighted by atomic mass is 10.1. The molecule has 0 amide bonds. The summed E-state index contributed by atoms with van der Waals surface area (Å²) in [5.74, 6) is -0.504. The van der Waals surface area contributed by atoms with Gasteiger partial charge in [-0.1, -0.05) is 12.2 Å². The summed E-state index contributed by atoms with van der Waals surface area (Å²) >= 11 is 1.40. The number of carbonyl (C=O) groups excluding carboxylic acids is 1. The standard InChI is InChI=1S/C14H16O4S/c1-4-6-19-10(5-2)8-12(16)13-11(15)7-9(3)18-14(13)17/h4-7,15H,8H2,1-3H3/b6-4-,10-5-. The molecule has 0 radical (unpaired) electrons. The van der Waals surface area contributed by atoms with Crippen LogP contribution < -0.4 is 5.63 Å². The van der Waals surface area contributed by atoms with Crippen molar-refractivity contribution in [2.24, 2.45) is 0 Å². The van der Waals surface area contributed by atoms with Crippen LogP contribution in [0.2, 0.25) is 0 Å². The smallest absolute Gasteiger partial charge is 0.350 e. The van der Waals surface area contributed by atoms with E-state index in [0.717, 1.165) is 4.91 Å². The van der Waals surface area contributed by atoms with Crippen LogP contribution in [0, 0.1) is 6.92 Å². The zero-order valence-corrected chi connectivity index (χ0v) is 11.9. The topological polar surface area (TPSA) is 67.5 Å². The first kappa shape index (κ1) is 15.3. The molecule has 4 nitrogen and oxygen atoms in total. The summed E-state index contributed by atoms with van der Waals surface area (Å²) in [6, 6.07) is 1.27. The molecular formula is C14H16O4S. The number of hydrogen-bond acceptors (Lipinski definition) is 5. The van der Waals surface area contributed by atoms with E-state index in [0.29, 0.717) is 0 Å². The molecular weight excluding hydrogens is 264 g/mol. The van der Waals surface area contributed by atoms with Gasteiger partial charge in [0, 0.05) is 12.5 Å². The fourth-order valence-corrected chi connectivity index (χ4v) is 2.13. The maximum atomic E-state index is 12.0. The number of aromatic hydroxyl groups is 1. The zero-order valence-electron chi connectivity index (χ0n) is 11.1. The van der Waals surface area contributed by atoms with E-state index in [9.17, 15) is 14.7 Å².